The van der Waals surface area contributed by atoms with Gasteiger partial charge in [-0.2, -0.15) is 10.1 Å². The first kappa shape index (κ1) is 18.2. The van der Waals surface area contributed by atoms with Gasteiger partial charge in [-0.15, -0.1) is 0 Å². The molecule has 3 aromatic carbocycles. The number of para-hydroxylation sites is 1. The Kier molecular flexibility index (Phi) is 4.11. The SMILES string of the molecule is Cc1ccc([C@@H]2C3=C(Nc4ncnn42)c2ccccc2O[C@H]3c2ccc(Cl)cc2)cc1. The van der Waals surface area contributed by atoms with Gasteiger partial charge in [-0.25, -0.2) is 4.68 Å². The number of fused-ring (bicyclic) bond motifs is 3. The van der Waals surface area contributed by atoms with E-state index in [0.29, 0.717) is 5.02 Å². The van der Waals surface area contributed by atoms with Crippen molar-refractivity contribution in [2.75, 3.05) is 5.32 Å². The van der Waals surface area contributed by atoms with Crippen LogP contribution in [0.1, 0.15) is 34.4 Å². The maximum absolute atomic E-state index is 6.59. The Labute approximate surface area is 185 Å². The molecule has 6 heteroatoms. The number of ether oxygens (including phenoxy) is 1. The molecule has 0 saturated carbocycles. The van der Waals surface area contributed by atoms with E-state index < -0.39 is 0 Å². The lowest BCUT2D eigenvalue weighted by Gasteiger charge is -2.39. The Morgan fingerprint density at radius 1 is 0.935 bits per heavy atom. The fraction of sp³-hybridized carbons (Fsp3) is 0.120. The summed E-state index contributed by atoms with van der Waals surface area (Å²) in [4.78, 5) is 4.47. The zero-order valence-electron chi connectivity index (χ0n) is 16.8. The van der Waals surface area contributed by atoms with Crippen molar-refractivity contribution < 1.29 is 4.74 Å². The second kappa shape index (κ2) is 7.00. The Balaban J connectivity index is 1.62. The molecule has 1 aromatic heterocycles. The van der Waals surface area contributed by atoms with Crippen molar-refractivity contribution in [2.24, 2.45) is 0 Å². The summed E-state index contributed by atoms with van der Waals surface area (Å²) in [6, 6.07) is 24.4. The molecule has 2 aliphatic heterocycles. The van der Waals surface area contributed by atoms with Crippen molar-refractivity contribution in [1.82, 2.24) is 14.8 Å². The lowest BCUT2D eigenvalue weighted by atomic mass is 9.84. The molecule has 4 aromatic rings. The summed E-state index contributed by atoms with van der Waals surface area (Å²) in [6.45, 7) is 2.09. The van der Waals surface area contributed by atoms with Crippen LogP contribution < -0.4 is 10.1 Å². The molecule has 6 rings (SSSR count). The zero-order valence-corrected chi connectivity index (χ0v) is 17.5. The van der Waals surface area contributed by atoms with Crippen LogP contribution in [0.2, 0.25) is 5.02 Å². The van der Waals surface area contributed by atoms with Gasteiger partial charge in [0.1, 0.15) is 24.2 Å². The summed E-state index contributed by atoms with van der Waals surface area (Å²) in [5, 5.41) is 8.78. The van der Waals surface area contributed by atoms with Crippen molar-refractivity contribution in [3.63, 3.8) is 0 Å². The van der Waals surface area contributed by atoms with Crippen LogP contribution in [0.15, 0.2) is 84.7 Å². The fourth-order valence-corrected chi connectivity index (χ4v) is 4.53. The Morgan fingerprint density at radius 2 is 1.68 bits per heavy atom. The van der Waals surface area contributed by atoms with Crippen LogP contribution in [0.5, 0.6) is 5.75 Å². The summed E-state index contributed by atoms with van der Waals surface area (Å²) in [7, 11) is 0. The molecule has 0 unspecified atom stereocenters. The zero-order chi connectivity index (χ0) is 20.9. The molecule has 0 spiro atoms. The molecular formula is C25H19ClN4O. The Morgan fingerprint density at radius 3 is 2.48 bits per heavy atom. The molecule has 0 amide bonds. The highest BCUT2D eigenvalue weighted by Crippen LogP contribution is 2.50. The Bertz CT molecular complexity index is 1310. The minimum absolute atomic E-state index is 0.150. The van der Waals surface area contributed by atoms with E-state index >= 15 is 0 Å². The minimum Gasteiger partial charge on any atom is -0.480 e. The number of nitrogens with zero attached hydrogens (tertiary/aromatic N) is 3. The molecule has 0 fully saturated rings. The van der Waals surface area contributed by atoms with E-state index in [0.717, 1.165) is 39.7 Å². The molecule has 1 N–H and O–H groups in total. The van der Waals surface area contributed by atoms with Gasteiger partial charge in [0.2, 0.25) is 5.95 Å². The summed E-state index contributed by atoms with van der Waals surface area (Å²) in [5.74, 6) is 1.56. The molecule has 3 heterocycles. The van der Waals surface area contributed by atoms with E-state index in [9.17, 15) is 0 Å². The average molecular weight is 427 g/mol. The van der Waals surface area contributed by atoms with Crippen LogP contribution in [0.25, 0.3) is 5.70 Å². The monoisotopic (exact) mass is 426 g/mol. The van der Waals surface area contributed by atoms with Crippen molar-refractivity contribution in [2.45, 2.75) is 19.1 Å². The second-order valence-electron chi connectivity index (χ2n) is 7.84. The molecule has 0 radical (unpaired) electrons. The third-order valence-corrected chi connectivity index (χ3v) is 6.14. The molecule has 0 bridgehead atoms. The van der Waals surface area contributed by atoms with Crippen LogP contribution in [0.3, 0.4) is 0 Å². The molecule has 152 valence electrons. The third-order valence-electron chi connectivity index (χ3n) is 5.89. The van der Waals surface area contributed by atoms with Crippen LogP contribution in [-0.4, -0.2) is 14.8 Å². The van der Waals surface area contributed by atoms with Gasteiger partial charge in [0.05, 0.1) is 5.70 Å². The normalized spacial score (nSPS) is 19.0. The van der Waals surface area contributed by atoms with Crippen molar-refractivity contribution in [1.29, 1.82) is 0 Å². The summed E-state index contributed by atoms with van der Waals surface area (Å²) >= 11 is 6.17. The van der Waals surface area contributed by atoms with Gasteiger partial charge >= 0.3 is 0 Å². The standard InChI is InChI=1S/C25H19ClN4O/c1-15-6-8-16(9-7-15)23-21-22(29-25-27-14-28-30(23)25)19-4-2-3-5-20(19)31-24(21)17-10-12-18(26)13-11-17/h2-14,23-24H,1H3,(H,27,28,29)/t23-,24+/m1/s1. The quantitative estimate of drug-likeness (QED) is 0.440. The highest BCUT2D eigenvalue weighted by Gasteiger charge is 2.40. The number of hydrogen-bond donors (Lipinski definition) is 1. The number of rotatable bonds is 2. The Hall–Kier alpha value is -3.57. The molecule has 0 aliphatic carbocycles. The minimum atomic E-state index is -0.293. The summed E-state index contributed by atoms with van der Waals surface area (Å²) < 4.78 is 8.53. The van der Waals surface area contributed by atoms with E-state index in [1.165, 1.54) is 5.56 Å². The van der Waals surface area contributed by atoms with Crippen molar-refractivity contribution in [3.05, 3.63) is 112 Å². The van der Waals surface area contributed by atoms with E-state index in [2.05, 4.69) is 52.7 Å². The number of anilines is 1. The lowest BCUT2D eigenvalue weighted by Crippen LogP contribution is -2.32. The average Bonchev–Trinajstić information content (AvgIpc) is 3.27. The fourth-order valence-electron chi connectivity index (χ4n) is 4.40. The van der Waals surface area contributed by atoms with Gasteiger partial charge < -0.3 is 10.1 Å². The highest BCUT2D eigenvalue weighted by molar-refractivity contribution is 6.30. The van der Waals surface area contributed by atoms with Gasteiger partial charge in [-0.3, -0.25) is 0 Å². The number of aromatic nitrogens is 3. The molecule has 0 saturated heterocycles. The lowest BCUT2D eigenvalue weighted by molar-refractivity contribution is 0.223. The predicted molar refractivity (Wildman–Crippen MR) is 121 cm³/mol. The van der Waals surface area contributed by atoms with Crippen LogP contribution in [0, 0.1) is 6.92 Å². The second-order valence-corrected chi connectivity index (χ2v) is 8.28. The van der Waals surface area contributed by atoms with Gasteiger partial charge in [0.25, 0.3) is 0 Å². The van der Waals surface area contributed by atoms with Crippen LogP contribution in [-0.2, 0) is 0 Å². The van der Waals surface area contributed by atoms with Gasteiger partial charge in [0.15, 0.2) is 0 Å². The third kappa shape index (κ3) is 2.93. The number of halogens is 1. The number of hydrogen-bond acceptors (Lipinski definition) is 4. The van der Waals surface area contributed by atoms with E-state index in [1.54, 1.807) is 6.33 Å². The largest absolute Gasteiger partial charge is 0.480 e. The van der Waals surface area contributed by atoms with E-state index in [-0.39, 0.29) is 12.1 Å². The van der Waals surface area contributed by atoms with E-state index in [4.69, 9.17) is 16.3 Å². The van der Waals surface area contributed by atoms with Crippen molar-refractivity contribution >= 4 is 23.2 Å². The molecule has 31 heavy (non-hydrogen) atoms. The van der Waals surface area contributed by atoms with Crippen LogP contribution in [0.4, 0.5) is 5.95 Å². The summed E-state index contributed by atoms with van der Waals surface area (Å²) in [5.41, 5.74) is 6.53. The van der Waals surface area contributed by atoms with Gasteiger partial charge in [0, 0.05) is 16.2 Å². The number of aryl methyl sites for hydroxylation is 1. The number of benzene rings is 3. The topological polar surface area (TPSA) is 52.0 Å². The first-order chi connectivity index (χ1) is 15.2. The maximum Gasteiger partial charge on any atom is 0.226 e. The van der Waals surface area contributed by atoms with Gasteiger partial charge in [-0.1, -0.05) is 65.7 Å². The molecule has 2 aliphatic rings. The molecule has 5 nitrogen and oxygen atoms in total. The smallest absolute Gasteiger partial charge is 0.226 e. The first-order valence-corrected chi connectivity index (χ1v) is 10.6. The highest BCUT2D eigenvalue weighted by atomic mass is 35.5. The van der Waals surface area contributed by atoms with E-state index in [1.807, 2.05) is 47.1 Å². The van der Waals surface area contributed by atoms with Crippen LogP contribution >= 0.6 is 11.6 Å². The first-order valence-electron chi connectivity index (χ1n) is 10.2. The molecule has 2 atom stereocenters. The van der Waals surface area contributed by atoms with Gasteiger partial charge in [-0.05, 0) is 42.3 Å². The number of nitrogens with one attached hydrogen (secondary N) is 1. The maximum atomic E-state index is 6.59. The summed E-state index contributed by atoms with van der Waals surface area (Å²) in [6.07, 6.45) is 1.30. The van der Waals surface area contributed by atoms with Crippen molar-refractivity contribution in [3.8, 4) is 5.75 Å². The molecular weight excluding hydrogens is 408 g/mol. The predicted octanol–water partition coefficient (Wildman–Crippen LogP) is 5.80.